The summed E-state index contributed by atoms with van der Waals surface area (Å²) in [4.78, 5) is -0.171. The van der Waals surface area contributed by atoms with Gasteiger partial charge < -0.3 is 0 Å². The summed E-state index contributed by atoms with van der Waals surface area (Å²) in [5.74, 6) is 0. The highest BCUT2D eigenvalue weighted by Crippen LogP contribution is 2.31. The lowest BCUT2D eigenvalue weighted by Crippen LogP contribution is -1.98. The van der Waals surface area contributed by atoms with Crippen LogP contribution in [0.2, 0.25) is 5.15 Å². The molecule has 2 aromatic rings. The third kappa shape index (κ3) is 3.21. The molecule has 1 aromatic carbocycles. The second kappa shape index (κ2) is 6.06. The number of hydrogen-bond donors (Lipinski definition) is 0. The topological polar surface area (TPSA) is 75.8 Å². The maximum atomic E-state index is 11.7. The van der Waals surface area contributed by atoms with Gasteiger partial charge in [-0.05, 0) is 24.6 Å². The van der Waals surface area contributed by atoms with Gasteiger partial charge in [0.25, 0.3) is 9.05 Å². The number of nitrogens with zero attached hydrogens (tertiary/aromatic N) is 3. The molecule has 2 rings (SSSR count). The lowest BCUT2D eigenvalue weighted by Gasteiger charge is -2.03. The van der Waals surface area contributed by atoms with Crippen molar-refractivity contribution in [1.82, 2.24) is 9.78 Å². The minimum absolute atomic E-state index is 0.0801. The van der Waals surface area contributed by atoms with Gasteiger partial charge in [0.1, 0.15) is 4.90 Å². The molecule has 0 N–H and O–H groups in total. The van der Waals surface area contributed by atoms with Crippen molar-refractivity contribution in [2.24, 2.45) is 0 Å². The molecule has 1 aromatic heterocycles. The Morgan fingerprint density at radius 3 is 2.71 bits per heavy atom. The smallest absolute Gasteiger partial charge is 0.220 e. The Balaban J connectivity index is 2.68. The highest BCUT2D eigenvalue weighted by molar-refractivity contribution is 8.13. The monoisotopic (exact) mass is 343 g/mol. The van der Waals surface area contributed by atoms with Crippen molar-refractivity contribution in [2.75, 3.05) is 0 Å². The fourth-order valence-corrected chi connectivity index (χ4v) is 3.81. The second-order valence-electron chi connectivity index (χ2n) is 4.33. The highest BCUT2D eigenvalue weighted by Gasteiger charge is 2.26. The molecule has 8 heteroatoms. The molecule has 0 amide bonds. The molecule has 5 nitrogen and oxygen atoms in total. The molecule has 21 heavy (non-hydrogen) atoms. The number of benzene rings is 1. The van der Waals surface area contributed by atoms with Gasteiger partial charge in [0, 0.05) is 10.7 Å². The zero-order chi connectivity index (χ0) is 15.6. The standard InChI is InChI=1S/C13H11Cl2N3O2S/c1-2-4-11-12(21(15,19)20)13(14)18(17-11)10-6-3-5-9(7-10)8-16/h3,5-7H,2,4H2,1H3. The van der Waals surface area contributed by atoms with E-state index in [4.69, 9.17) is 27.5 Å². The van der Waals surface area contributed by atoms with Crippen LogP contribution < -0.4 is 0 Å². The summed E-state index contributed by atoms with van der Waals surface area (Å²) in [5, 5.41) is 13.1. The van der Waals surface area contributed by atoms with Crippen LogP contribution >= 0.6 is 22.3 Å². The third-order valence-electron chi connectivity index (χ3n) is 2.81. The molecule has 0 aliphatic heterocycles. The predicted octanol–water partition coefficient (Wildman–Crippen LogP) is 3.28. The molecule has 110 valence electrons. The number of rotatable bonds is 4. The number of nitriles is 1. The summed E-state index contributed by atoms with van der Waals surface area (Å²) in [7, 11) is 1.45. The zero-order valence-electron chi connectivity index (χ0n) is 11.0. The maximum Gasteiger partial charge on any atom is 0.266 e. The first-order valence-corrected chi connectivity index (χ1v) is 8.79. The van der Waals surface area contributed by atoms with E-state index in [1.54, 1.807) is 24.3 Å². The lowest BCUT2D eigenvalue weighted by molar-refractivity contribution is 0.608. The first kappa shape index (κ1) is 15.8. The summed E-state index contributed by atoms with van der Waals surface area (Å²) in [6.07, 6.45) is 1.14. The van der Waals surface area contributed by atoms with Crippen molar-refractivity contribution in [3.05, 3.63) is 40.7 Å². The van der Waals surface area contributed by atoms with Crippen LogP contribution in [0.5, 0.6) is 0 Å². The number of aryl methyl sites for hydroxylation is 1. The van der Waals surface area contributed by atoms with Crippen molar-refractivity contribution in [3.8, 4) is 11.8 Å². The highest BCUT2D eigenvalue weighted by atomic mass is 35.7. The number of hydrogen-bond acceptors (Lipinski definition) is 4. The quantitative estimate of drug-likeness (QED) is 0.798. The van der Waals surface area contributed by atoms with E-state index >= 15 is 0 Å². The van der Waals surface area contributed by atoms with Gasteiger partial charge in [-0.1, -0.05) is 31.0 Å². The van der Waals surface area contributed by atoms with Crippen molar-refractivity contribution >= 4 is 31.3 Å². The van der Waals surface area contributed by atoms with Gasteiger partial charge in [0.2, 0.25) is 0 Å². The lowest BCUT2D eigenvalue weighted by atomic mass is 10.2. The summed E-state index contributed by atoms with van der Waals surface area (Å²) >= 11 is 6.13. The normalized spacial score (nSPS) is 11.3. The van der Waals surface area contributed by atoms with Gasteiger partial charge in [0.15, 0.2) is 5.15 Å². The van der Waals surface area contributed by atoms with Crippen molar-refractivity contribution in [3.63, 3.8) is 0 Å². The van der Waals surface area contributed by atoms with E-state index in [0.717, 1.165) is 0 Å². The fraction of sp³-hybridized carbons (Fsp3) is 0.231. The molecule has 0 aliphatic rings. The molecule has 0 saturated carbocycles. The molecule has 0 atom stereocenters. The molecular weight excluding hydrogens is 333 g/mol. The van der Waals surface area contributed by atoms with Gasteiger partial charge in [-0.2, -0.15) is 10.4 Å². The summed E-state index contributed by atoms with van der Waals surface area (Å²) < 4.78 is 24.7. The van der Waals surface area contributed by atoms with Crippen LogP contribution in [0, 0.1) is 11.3 Å². The van der Waals surface area contributed by atoms with Crippen molar-refractivity contribution in [2.45, 2.75) is 24.7 Å². The van der Waals surface area contributed by atoms with Gasteiger partial charge >= 0.3 is 0 Å². The zero-order valence-corrected chi connectivity index (χ0v) is 13.4. The van der Waals surface area contributed by atoms with E-state index in [2.05, 4.69) is 5.10 Å². The van der Waals surface area contributed by atoms with Crippen LogP contribution in [0.25, 0.3) is 5.69 Å². The minimum atomic E-state index is -4.00. The molecule has 0 aliphatic carbocycles. The van der Waals surface area contributed by atoms with E-state index in [0.29, 0.717) is 29.8 Å². The third-order valence-corrected chi connectivity index (χ3v) is 4.65. The van der Waals surface area contributed by atoms with Crippen molar-refractivity contribution in [1.29, 1.82) is 5.26 Å². The Morgan fingerprint density at radius 1 is 1.43 bits per heavy atom. The van der Waals surface area contributed by atoms with E-state index in [9.17, 15) is 8.42 Å². The second-order valence-corrected chi connectivity index (χ2v) is 7.19. The first-order chi connectivity index (χ1) is 9.88. The van der Waals surface area contributed by atoms with Crippen LogP contribution in [0.15, 0.2) is 29.2 Å². The van der Waals surface area contributed by atoms with Gasteiger partial charge in [-0.3, -0.25) is 0 Å². The SMILES string of the molecule is CCCc1nn(-c2cccc(C#N)c2)c(Cl)c1S(=O)(=O)Cl. The first-order valence-electron chi connectivity index (χ1n) is 6.11. The average Bonchev–Trinajstić information content (AvgIpc) is 2.76. The Bertz CT molecular complexity index is 822. The molecular formula is C13H11Cl2N3O2S. The predicted molar refractivity (Wildman–Crippen MR) is 80.3 cm³/mol. The maximum absolute atomic E-state index is 11.7. The van der Waals surface area contributed by atoms with Gasteiger partial charge in [0.05, 0.1) is 23.0 Å². The Morgan fingerprint density at radius 2 is 2.14 bits per heavy atom. The van der Waals surface area contributed by atoms with E-state index in [1.807, 2.05) is 13.0 Å². The van der Waals surface area contributed by atoms with E-state index in [-0.39, 0.29) is 10.0 Å². The Kier molecular flexibility index (Phi) is 4.57. The molecule has 0 bridgehead atoms. The Hall–Kier alpha value is -1.55. The number of aromatic nitrogens is 2. The van der Waals surface area contributed by atoms with E-state index < -0.39 is 9.05 Å². The Labute approximate surface area is 132 Å². The van der Waals surface area contributed by atoms with Gasteiger partial charge in [-0.25, -0.2) is 13.1 Å². The average molecular weight is 344 g/mol. The summed E-state index contributed by atoms with van der Waals surface area (Å²) in [6, 6.07) is 8.55. The molecule has 0 spiro atoms. The molecule has 0 fully saturated rings. The molecule has 0 saturated heterocycles. The van der Waals surface area contributed by atoms with Crippen LogP contribution in [0.1, 0.15) is 24.6 Å². The van der Waals surface area contributed by atoms with E-state index in [1.165, 1.54) is 4.68 Å². The van der Waals surface area contributed by atoms with Crippen LogP contribution in [-0.4, -0.2) is 18.2 Å². The molecule has 0 unspecified atom stereocenters. The van der Waals surface area contributed by atoms with Crippen LogP contribution in [0.3, 0.4) is 0 Å². The van der Waals surface area contributed by atoms with Crippen LogP contribution in [0.4, 0.5) is 0 Å². The van der Waals surface area contributed by atoms with Crippen LogP contribution in [-0.2, 0) is 15.5 Å². The van der Waals surface area contributed by atoms with Crippen molar-refractivity contribution < 1.29 is 8.42 Å². The minimum Gasteiger partial charge on any atom is -0.220 e. The largest absolute Gasteiger partial charge is 0.266 e. The van der Waals surface area contributed by atoms with Gasteiger partial charge in [-0.15, -0.1) is 0 Å². The molecule has 0 radical (unpaired) electrons. The molecule has 1 heterocycles. The number of halogens is 2. The summed E-state index contributed by atoms with van der Waals surface area (Å²) in [5.41, 5.74) is 1.24. The fourth-order valence-electron chi connectivity index (χ4n) is 1.95. The summed E-state index contributed by atoms with van der Waals surface area (Å²) in [6.45, 7) is 1.90.